The second kappa shape index (κ2) is 7.34. The van der Waals surface area contributed by atoms with Crippen molar-refractivity contribution in [3.05, 3.63) is 0 Å². The second-order valence-corrected chi connectivity index (χ2v) is 5.82. The van der Waals surface area contributed by atoms with Gasteiger partial charge in [0.25, 0.3) is 0 Å². The molecule has 2 N–H and O–H groups in total. The molecule has 0 amide bonds. The molecule has 2 unspecified atom stereocenters. The smallest absolute Gasteiger partial charge is 0.0623 e. The highest BCUT2D eigenvalue weighted by molar-refractivity contribution is 4.88. The molecule has 0 spiro atoms. The predicted octanol–water partition coefficient (Wildman–Crippen LogP) is 1.86. The third kappa shape index (κ3) is 4.94. The van der Waals surface area contributed by atoms with Gasteiger partial charge in [-0.05, 0) is 45.2 Å². The first kappa shape index (κ1) is 14.9. The number of likely N-dealkylation sites (tertiary alicyclic amines) is 1. The van der Waals surface area contributed by atoms with Crippen molar-refractivity contribution < 1.29 is 5.11 Å². The summed E-state index contributed by atoms with van der Waals surface area (Å²) in [5.41, 5.74) is -0.128. The second-order valence-electron chi connectivity index (χ2n) is 5.82. The fraction of sp³-hybridized carbons (Fsp3) is 1.00. The lowest BCUT2D eigenvalue weighted by Crippen LogP contribution is -2.53. The van der Waals surface area contributed by atoms with E-state index < -0.39 is 0 Å². The molecule has 0 bridgehead atoms. The van der Waals surface area contributed by atoms with Crippen LogP contribution in [-0.2, 0) is 0 Å². The molecule has 0 aromatic carbocycles. The van der Waals surface area contributed by atoms with E-state index in [1.807, 2.05) is 0 Å². The van der Waals surface area contributed by atoms with Gasteiger partial charge in [-0.25, -0.2) is 0 Å². The average Bonchev–Trinajstić information content (AvgIpc) is 2.74. The van der Waals surface area contributed by atoms with Gasteiger partial charge in [-0.3, -0.25) is 0 Å². The third-order valence-electron chi connectivity index (χ3n) is 3.79. The number of nitrogens with zero attached hydrogens (tertiary/aromatic N) is 1. The Morgan fingerprint density at radius 1 is 1.35 bits per heavy atom. The molecule has 0 radical (unpaired) electrons. The van der Waals surface area contributed by atoms with E-state index in [1.54, 1.807) is 0 Å². The molecule has 0 aromatic heterocycles. The molecule has 1 heterocycles. The lowest BCUT2D eigenvalue weighted by molar-refractivity contribution is 0.130. The van der Waals surface area contributed by atoms with Crippen molar-refractivity contribution >= 4 is 0 Å². The monoisotopic (exact) mass is 242 g/mol. The molecule has 17 heavy (non-hydrogen) atoms. The van der Waals surface area contributed by atoms with Crippen molar-refractivity contribution in [1.29, 1.82) is 0 Å². The Kier molecular flexibility index (Phi) is 6.45. The summed E-state index contributed by atoms with van der Waals surface area (Å²) < 4.78 is 0. The van der Waals surface area contributed by atoms with Crippen LogP contribution in [0.3, 0.4) is 0 Å². The Morgan fingerprint density at radius 3 is 2.71 bits per heavy atom. The maximum Gasteiger partial charge on any atom is 0.0623 e. The molecular formula is C14H30N2O. The minimum atomic E-state index is -0.128. The van der Waals surface area contributed by atoms with Gasteiger partial charge in [0.05, 0.1) is 12.1 Å². The van der Waals surface area contributed by atoms with Crippen LogP contribution in [0.2, 0.25) is 0 Å². The highest BCUT2D eigenvalue weighted by Crippen LogP contribution is 2.22. The van der Waals surface area contributed by atoms with Crippen molar-refractivity contribution in [2.24, 2.45) is 5.92 Å². The van der Waals surface area contributed by atoms with Crippen LogP contribution in [0.1, 0.15) is 46.5 Å². The summed E-state index contributed by atoms with van der Waals surface area (Å²) in [7, 11) is 0. The zero-order chi connectivity index (χ0) is 12.7. The third-order valence-corrected chi connectivity index (χ3v) is 3.79. The molecule has 0 aromatic rings. The van der Waals surface area contributed by atoms with Gasteiger partial charge >= 0.3 is 0 Å². The Bertz CT molecular complexity index is 210. The normalized spacial score (nSPS) is 25.1. The molecule has 1 rings (SSSR count). The largest absolute Gasteiger partial charge is 0.394 e. The zero-order valence-corrected chi connectivity index (χ0v) is 11.8. The predicted molar refractivity (Wildman–Crippen MR) is 73.2 cm³/mol. The van der Waals surface area contributed by atoms with Gasteiger partial charge in [0.2, 0.25) is 0 Å². The minimum absolute atomic E-state index is 0.128. The van der Waals surface area contributed by atoms with Crippen molar-refractivity contribution in [1.82, 2.24) is 10.2 Å². The van der Waals surface area contributed by atoms with E-state index in [2.05, 4.69) is 31.0 Å². The van der Waals surface area contributed by atoms with Crippen LogP contribution < -0.4 is 5.32 Å². The summed E-state index contributed by atoms with van der Waals surface area (Å²) in [4.78, 5) is 2.51. The molecule has 3 heteroatoms. The average molecular weight is 242 g/mol. The molecule has 2 atom stereocenters. The fourth-order valence-corrected chi connectivity index (χ4v) is 2.78. The summed E-state index contributed by atoms with van der Waals surface area (Å²) in [5.74, 6) is 0.883. The topological polar surface area (TPSA) is 35.5 Å². The summed E-state index contributed by atoms with van der Waals surface area (Å²) in [5, 5.41) is 13.0. The highest BCUT2D eigenvalue weighted by Gasteiger charge is 2.29. The van der Waals surface area contributed by atoms with Gasteiger partial charge in [-0.1, -0.05) is 20.3 Å². The first-order valence-electron chi connectivity index (χ1n) is 7.21. The Labute approximate surface area is 107 Å². The van der Waals surface area contributed by atoms with Gasteiger partial charge in [0.1, 0.15) is 0 Å². The standard InChI is InChI=1S/C14H30N2O/c1-4-6-13-7-9-16(10-13)11-14(3,12-17)15-8-5-2/h13,15,17H,4-12H2,1-3H3. The quantitative estimate of drug-likeness (QED) is 0.682. The van der Waals surface area contributed by atoms with Gasteiger partial charge < -0.3 is 15.3 Å². The molecule has 102 valence electrons. The number of rotatable bonds is 8. The summed E-state index contributed by atoms with van der Waals surface area (Å²) in [6, 6.07) is 0. The lowest BCUT2D eigenvalue weighted by atomic mass is 10.0. The lowest BCUT2D eigenvalue weighted by Gasteiger charge is -2.33. The molecule has 0 aliphatic carbocycles. The van der Waals surface area contributed by atoms with E-state index in [0.29, 0.717) is 0 Å². The summed E-state index contributed by atoms with van der Waals surface area (Å²) in [6.45, 7) is 11.2. The van der Waals surface area contributed by atoms with Crippen LogP contribution in [0.25, 0.3) is 0 Å². The molecular weight excluding hydrogens is 212 g/mol. The van der Waals surface area contributed by atoms with E-state index in [-0.39, 0.29) is 12.1 Å². The van der Waals surface area contributed by atoms with Crippen molar-refractivity contribution in [2.45, 2.75) is 52.0 Å². The molecule has 1 fully saturated rings. The van der Waals surface area contributed by atoms with E-state index in [1.165, 1.54) is 32.4 Å². The Balaban J connectivity index is 2.36. The van der Waals surface area contributed by atoms with Crippen LogP contribution in [0.15, 0.2) is 0 Å². The van der Waals surface area contributed by atoms with E-state index >= 15 is 0 Å². The zero-order valence-electron chi connectivity index (χ0n) is 11.8. The molecule has 1 aliphatic heterocycles. The SMILES string of the molecule is CCCNC(C)(CO)CN1CCC(CCC)C1. The van der Waals surface area contributed by atoms with Crippen molar-refractivity contribution in [3.8, 4) is 0 Å². The number of aliphatic hydroxyl groups excluding tert-OH is 1. The van der Waals surface area contributed by atoms with Crippen LogP contribution >= 0.6 is 0 Å². The Morgan fingerprint density at radius 2 is 2.12 bits per heavy atom. The number of aliphatic hydroxyl groups is 1. The van der Waals surface area contributed by atoms with Gasteiger partial charge in [-0.2, -0.15) is 0 Å². The summed E-state index contributed by atoms with van der Waals surface area (Å²) >= 11 is 0. The highest BCUT2D eigenvalue weighted by atomic mass is 16.3. The molecule has 1 aliphatic rings. The van der Waals surface area contributed by atoms with E-state index in [4.69, 9.17) is 0 Å². The fourth-order valence-electron chi connectivity index (χ4n) is 2.78. The maximum absolute atomic E-state index is 9.55. The maximum atomic E-state index is 9.55. The molecule has 3 nitrogen and oxygen atoms in total. The van der Waals surface area contributed by atoms with Crippen molar-refractivity contribution in [3.63, 3.8) is 0 Å². The first-order valence-corrected chi connectivity index (χ1v) is 7.21. The van der Waals surface area contributed by atoms with Crippen LogP contribution in [0, 0.1) is 5.92 Å². The number of nitrogens with one attached hydrogen (secondary N) is 1. The van der Waals surface area contributed by atoms with Gasteiger partial charge in [0.15, 0.2) is 0 Å². The van der Waals surface area contributed by atoms with E-state index in [0.717, 1.165) is 25.4 Å². The number of hydrogen-bond acceptors (Lipinski definition) is 3. The molecule has 0 saturated carbocycles. The summed E-state index contributed by atoms with van der Waals surface area (Å²) in [6.07, 6.45) is 5.11. The van der Waals surface area contributed by atoms with Crippen LogP contribution in [0.5, 0.6) is 0 Å². The van der Waals surface area contributed by atoms with E-state index in [9.17, 15) is 5.11 Å². The van der Waals surface area contributed by atoms with Gasteiger partial charge in [0, 0.05) is 13.1 Å². The molecule has 1 saturated heterocycles. The minimum Gasteiger partial charge on any atom is -0.394 e. The number of hydrogen-bond donors (Lipinski definition) is 2. The van der Waals surface area contributed by atoms with Crippen molar-refractivity contribution in [2.75, 3.05) is 32.8 Å². The Hall–Kier alpha value is -0.120. The van der Waals surface area contributed by atoms with Crippen LogP contribution in [-0.4, -0.2) is 48.3 Å². The van der Waals surface area contributed by atoms with Gasteiger partial charge in [-0.15, -0.1) is 0 Å². The first-order chi connectivity index (χ1) is 8.13. The van der Waals surface area contributed by atoms with Crippen LogP contribution in [0.4, 0.5) is 0 Å².